The summed E-state index contributed by atoms with van der Waals surface area (Å²) in [5.74, 6) is 1.42. The fourth-order valence-corrected chi connectivity index (χ4v) is 4.67. The highest BCUT2D eigenvalue weighted by molar-refractivity contribution is 5.82. The van der Waals surface area contributed by atoms with Crippen LogP contribution in [0.15, 0.2) is 55.0 Å². The molecule has 7 nitrogen and oxygen atoms in total. The first-order valence-corrected chi connectivity index (χ1v) is 12.0. The molecule has 1 aromatic carbocycles. The molecule has 1 aliphatic heterocycles. The van der Waals surface area contributed by atoms with E-state index in [0.29, 0.717) is 18.5 Å². The normalized spacial score (nSPS) is 16.6. The average molecular weight is 444 g/mol. The number of anilines is 1. The van der Waals surface area contributed by atoms with Crippen LogP contribution < -0.4 is 11.1 Å². The molecule has 0 spiro atoms. The smallest absolute Gasteiger partial charge is 0.204 e. The maximum absolute atomic E-state index is 6.30. The standard InChI is InChI=1S/C26H33N7/c1-18(2)22(27)17-32-13-9-21(10-14-32)30-26-31-23-15-28-12-8-24(23)33(26)16-20-6-3-5-19-7-4-11-29-25(19)20/h3-8,11-12,15,18,21-22H,9-10,13-14,16-17,27H2,1-2H3,(H,30,31). The SMILES string of the molecule is CC(C)C(N)CN1CCC(Nc2nc3cnccc3n2Cc2cccc3cccnc23)CC1. The molecule has 1 fully saturated rings. The van der Waals surface area contributed by atoms with E-state index >= 15 is 0 Å². The summed E-state index contributed by atoms with van der Waals surface area (Å²) in [7, 11) is 0. The second kappa shape index (κ2) is 9.45. The van der Waals surface area contributed by atoms with Crippen molar-refractivity contribution in [2.45, 2.75) is 45.3 Å². The predicted molar refractivity (Wildman–Crippen MR) is 134 cm³/mol. The zero-order valence-corrected chi connectivity index (χ0v) is 19.5. The van der Waals surface area contributed by atoms with Gasteiger partial charge in [0.25, 0.3) is 0 Å². The number of benzene rings is 1. The molecule has 1 atom stereocenters. The van der Waals surface area contributed by atoms with Crippen LogP contribution in [0.5, 0.6) is 0 Å². The lowest BCUT2D eigenvalue weighted by Gasteiger charge is -2.34. The van der Waals surface area contributed by atoms with E-state index in [-0.39, 0.29) is 6.04 Å². The van der Waals surface area contributed by atoms with Gasteiger partial charge in [-0.3, -0.25) is 9.97 Å². The number of likely N-dealkylation sites (tertiary alicyclic amines) is 1. The first kappa shape index (κ1) is 21.8. The van der Waals surface area contributed by atoms with Crippen LogP contribution >= 0.6 is 0 Å². The molecule has 0 radical (unpaired) electrons. The van der Waals surface area contributed by atoms with Crippen molar-refractivity contribution in [3.8, 4) is 0 Å². The minimum Gasteiger partial charge on any atom is -0.353 e. The van der Waals surface area contributed by atoms with E-state index in [0.717, 1.165) is 60.4 Å². The van der Waals surface area contributed by atoms with E-state index in [1.165, 1.54) is 5.56 Å². The fourth-order valence-electron chi connectivity index (χ4n) is 4.67. The van der Waals surface area contributed by atoms with Crippen LogP contribution in [0.3, 0.4) is 0 Å². The van der Waals surface area contributed by atoms with Gasteiger partial charge in [-0.2, -0.15) is 0 Å². The summed E-state index contributed by atoms with van der Waals surface area (Å²) in [5, 5.41) is 4.90. The van der Waals surface area contributed by atoms with Gasteiger partial charge in [-0.15, -0.1) is 0 Å². The molecule has 0 bridgehead atoms. The first-order valence-electron chi connectivity index (χ1n) is 12.0. The number of hydrogen-bond acceptors (Lipinski definition) is 6. The molecule has 5 rings (SSSR count). The molecule has 1 unspecified atom stereocenters. The Balaban J connectivity index is 1.37. The van der Waals surface area contributed by atoms with E-state index in [2.05, 4.69) is 62.9 Å². The summed E-state index contributed by atoms with van der Waals surface area (Å²) in [6, 6.07) is 13.1. The van der Waals surface area contributed by atoms with E-state index in [1.807, 2.05) is 30.7 Å². The van der Waals surface area contributed by atoms with E-state index in [4.69, 9.17) is 10.7 Å². The monoisotopic (exact) mass is 443 g/mol. The van der Waals surface area contributed by atoms with Gasteiger partial charge in [0.2, 0.25) is 5.95 Å². The third kappa shape index (κ3) is 4.70. The van der Waals surface area contributed by atoms with Crippen molar-refractivity contribution in [3.05, 3.63) is 60.6 Å². The summed E-state index contributed by atoms with van der Waals surface area (Å²) < 4.78 is 2.27. The van der Waals surface area contributed by atoms with Crippen molar-refractivity contribution in [2.75, 3.05) is 25.0 Å². The van der Waals surface area contributed by atoms with Gasteiger partial charge in [0.05, 0.1) is 23.8 Å². The minimum atomic E-state index is 0.237. The zero-order valence-electron chi connectivity index (χ0n) is 19.5. The van der Waals surface area contributed by atoms with Crippen LogP contribution in [0, 0.1) is 5.92 Å². The van der Waals surface area contributed by atoms with Crippen LogP contribution in [-0.4, -0.2) is 56.1 Å². The van der Waals surface area contributed by atoms with Crippen molar-refractivity contribution < 1.29 is 0 Å². The number of piperidine rings is 1. The van der Waals surface area contributed by atoms with Crippen molar-refractivity contribution in [2.24, 2.45) is 11.7 Å². The van der Waals surface area contributed by atoms with Gasteiger partial charge >= 0.3 is 0 Å². The Morgan fingerprint density at radius 1 is 1.09 bits per heavy atom. The van der Waals surface area contributed by atoms with Crippen LogP contribution in [0.4, 0.5) is 5.95 Å². The number of fused-ring (bicyclic) bond motifs is 2. The van der Waals surface area contributed by atoms with Crippen molar-refractivity contribution >= 4 is 27.9 Å². The van der Waals surface area contributed by atoms with Gasteiger partial charge in [-0.05, 0) is 36.5 Å². The second-order valence-corrected chi connectivity index (χ2v) is 9.51. The van der Waals surface area contributed by atoms with Crippen LogP contribution in [-0.2, 0) is 6.54 Å². The lowest BCUT2D eigenvalue weighted by atomic mass is 10.0. The molecule has 1 aliphatic rings. The average Bonchev–Trinajstić information content (AvgIpc) is 3.17. The lowest BCUT2D eigenvalue weighted by Crippen LogP contribution is -2.46. The molecule has 33 heavy (non-hydrogen) atoms. The topological polar surface area (TPSA) is 84.9 Å². The number of pyridine rings is 2. The van der Waals surface area contributed by atoms with Crippen molar-refractivity contribution in [1.29, 1.82) is 0 Å². The molecule has 4 heterocycles. The Bertz CT molecular complexity index is 1220. The van der Waals surface area contributed by atoms with Crippen molar-refractivity contribution in [1.82, 2.24) is 24.4 Å². The molecule has 4 aromatic rings. The molecule has 3 N–H and O–H groups in total. The highest BCUT2D eigenvalue weighted by atomic mass is 15.2. The quantitative estimate of drug-likeness (QED) is 0.451. The third-order valence-corrected chi connectivity index (χ3v) is 6.84. The molecule has 0 amide bonds. The summed E-state index contributed by atoms with van der Waals surface area (Å²) in [6.45, 7) is 8.20. The minimum absolute atomic E-state index is 0.237. The Morgan fingerprint density at radius 2 is 1.91 bits per heavy atom. The number of nitrogens with two attached hydrogens (primary N) is 1. The molecule has 7 heteroatoms. The molecule has 0 saturated carbocycles. The number of rotatable bonds is 7. The fraction of sp³-hybridized carbons (Fsp3) is 0.423. The lowest BCUT2D eigenvalue weighted by molar-refractivity contribution is 0.194. The molecule has 3 aromatic heterocycles. The number of imidazole rings is 1. The Morgan fingerprint density at radius 3 is 2.73 bits per heavy atom. The van der Waals surface area contributed by atoms with E-state index in [9.17, 15) is 0 Å². The number of hydrogen-bond donors (Lipinski definition) is 2. The van der Waals surface area contributed by atoms with Gasteiger partial charge in [0.15, 0.2) is 0 Å². The predicted octanol–water partition coefficient (Wildman–Crippen LogP) is 3.89. The van der Waals surface area contributed by atoms with E-state index in [1.54, 1.807) is 0 Å². The molecular formula is C26H33N7. The Kier molecular flexibility index (Phi) is 6.24. The van der Waals surface area contributed by atoms with Gasteiger partial charge in [0.1, 0.15) is 5.52 Å². The second-order valence-electron chi connectivity index (χ2n) is 9.51. The summed E-state index contributed by atoms with van der Waals surface area (Å²) in [4.78, 5) is 16.3. The molecule has 172 valence electrons. The number of aromatic nitrogens is 4. The van der Waals surface area contributed by atoms with Gasteiger partial charge in [-0.25, -0.2) is 4.98 Å². The third-order valence-electron chi connectivity index (χ3n) is 6.84. The Labute approximate surface area is 195 Å². The summed E-state index contributed by atoms with van der Waals surface area (Å²) in [5.41, 5.74) is 10.5. The van der Waals surface area contributed by atoms with Gasteiger partial charge < -0.3 is 20.5 Å². The highest BCUT2D eigenvalue weighted by Crippen LogP contribution is 2.25. The first-order chi connectivity index (χ1) is 16.1. The van der Waals surface area contributed by atoms with E-state index < -0.39 is 0 Å². The van der Waals surface area contributed by atoms with Crippen LogP contribution in [0.2, 0.25) is 0 Å². The Hall–Kier alpha value is -3.03. The maximum atomic E-state index is 6.30. The zero-order chi connectivity index (χ0) is 22.8. The molecule has 0 aliphatic carbocycles. The number of nitrogens with one attached hydrogen (secondary N) is 1. The molecular weight excluding hydrogens is 410 g/mol. The number of para-hydroxylation sites is 1. The maximum Gasteiger partial charge on any atom is 0.204 e. The van der Waals surface area contributed by atoms with Gasteiger partial charge in [0, 0.05) is 49.5 Å². The summed E-state index contributed by atoms with van der Waals surface area (Å²) >= 11 is 0. The molecule has 1 saturated heterocycles. The largest absolute Gasteiger partial charge is 0.353 e. The number of nitrogens with zero attached hydrogens (tertiary/aromatic N) is 5. The van der Waals surface area contributed by atoms with Gasteiger partial charge in [-0.1, -0.05) is 38.1 Å². The van der Waals surface area contributed by atoms with Crippen molar-refractivity contribution in [3.63, 3.8) is 0 Å². The summed E-state index contributed by atoms with van der Waals surface area (Å²) in [6.07, 6.45) is 7.71. The van der Waals surface area contributed by atoms with Crippen LogP contribution in [0.25, 0.3) is 21.9 Å². The highest BCUT2D eigenvalue weighted by Gasteiger charge is 2.23. The van der Waals surface area contributed by atoms with Crippen LogP contribution in [0.1, 0.15) is 32.3 Å².